The zero-order valence-corrected chi connectivity index (χ0v) is 16.4. The number of hydrogen-bond acceptors (Lipinski definition) is 1. The van der Waals surface area contributed by atoms with Crippen molar-refractivity contribution in [3.63, 3.8) is 0 Å². The molecule has 2 nitrogen and oxygen atoms in total. The van der Waals surface area contributed by atoms with Gasteiger partial charge in [-0.2, -0.15) is 5.26 Å². The van der Waals surface area contributed by atoms with Gasteiger partial charge >= 0.3 is 0 Å². The van der Waals surface area contributed by atoms with Gasteiger partial charge in [-0.15, -0.1) is 0 Å². The molecular formula is C24H25FN2. The van der Waals surface area contributed by atoms with Gasteiger partial charge in [0.05, 0.1) is 11.6 Å². The molecule has 1 aliphatic rings. The van der Waals surface area contributed by atoms with E-state index in [1.165, 1.54) is 27.7 Å². The van der Waals surface area contributed by atoms with Gasteiger partial charge in [-0.3, -0.25) is 0 Å². The molecule has 4 rings (SSSR count). The molecule has 1 heterocycles. The monoisotopic (exact) mass is 360 g/mol. The van der Waals surface area contributed by atoms with Gasteiger partial charge in [0.25, 0.3) is 0 Å². The summed E-state index contributed by atoms with van der Waals surface area (Å²) in [7, 11) is 0. The smallest absolute Gasteiger partial charge is 0.126 e. The largest absolute Gasteiger partial charge is 0.313 e. The van der Waals surface area contributed by atoms with Crippen molar-refractivity contribution < 1.29 is 4.39 Å². The first kappa shape index (κ1) is 17.8. The fraction of sp³-hybridized carbons (Fsp3) is 0.375. The predicted octanol–water partition coefficient (Wildman–Crippen LogP) is 6.53. The minimum absolute atomic E-state index is 0.172. The summed E-state index contributed by atoms with van der Waals surface area (Å²) in [6.07, 6.45) is 1.87. The standard InChI is InChI=1S/C24H25FN2/c1-14(2)24-23(18-11-17(12-18)13-26)20-9-15(3)5-8-22(20)27(24)19-6-7-21(25)16(4)10-19/h5-10,14,17-18H,11-12H2,1-4H3/t17-,18+. The summed E-state index contributed by atoms with van der Waals surface area (Å²) < 4.78 is 16.2. The molecule has 0 radical (unpaired) electrons. The first-order chi connectivity index (χ1) is 12.9. The molecule has 27 heavy (non-hydrogen) atoms. The van der Waals surface area contributed by atoms with E-state index in [0.29, 0.717) is 17.4 Å². The highest BCUT2D eigenvalue weighted by molar-refractivity contribution is 5.89. The normalized spacial score (nSPS) is 19.3. The molecule has 0 bridgehead atoms. The number of benzene rings is 2. The lowest BCUT2D eigenvalue weighted by atomic mass is 9.70. The molecule has 1 saturated carbocycles. The van der Waals surface area contributed by atoms with Gasteiger partial charge in [0, 0.05) is 22.7 Å². The topological polar surface area (TPSA) is 28.7 Å². The predicted molar refractivity (Wildman–Crippen MR) is 108 cm³/mol. The summed E-state index contributed by atoms with van der Waals surface area (Å²) in [4.78, 5) is 0. The Morgan fingerprint density at radius 3 is 2.48 bits per heavy atom. The van der Waals surface area contributed by atoms with Crippen molar-refractivity contribution in [1.29, 1.82) is 5.26 Å². The Kier molecular flexibility index (Phi) is 4.30. The van der Waals surface area contributed by atoms with Crippen molar-refractivity contribution >= 4 is 10.9 Å². The quantitative estimate of drug-likeness (QED) is 0.522. The van der Waals surface area contributed by atoms with Gasteiger partial charge in [-0.25, -0.2) is 4.39 Å². The number of hydrogen-bond donors (Lipinski definition) is 0. The molecular weight excluding hydrogens is 335 g/mol. The molecule has 1 fully saturated rings. The number of nitrogens with zero attached hydrogens (tertiary/aromatic N) is 2. The Morgan fingerprint density at radius 2 is 1.85 bits per heavy atom. The number of aryl methyl sites for hydroxylation is 2. The van der Waals surface area contributed by atoms with Gasteiger partial charge in [-0.1, -0.05) is 25.5 Å². The molecule has 0 amide bonds. The Balaban J connectivity index is 2.02. The number of halogens is 1. The summed E-state index contributed by atoms with van der Waals surface area (Å²) in [6, 6.07) is 14.4. The van der Waals surface area contributed by atoms with E-state index in [4.69, 9.17) is 0 Å². The highest BCUT2D eigenvalue weighted by atomic mass is 19.1. The zero-order chi connectivity index (χ0) is 19.3. The van der Waals surface area contributed by atoms with E-state index in [2.05, 4.69) is 49.6 Å². The third-order valence-electron chi connectivity index (χ3n) is 5.88. The average molecular weight is 360 g/mol. The van der Waals surface area contributed by atoms with E-state index in [0.717, 1.165) is 18.5 Å². The summed E-state index contributed by atoms with van der Waals surface area (Å²) >= 11 is 0. The lowest BCUT2D eigenvalue weighted by molar-refractivity contribution is 0.330. The minimum atomic E-state index is -0.173. The fourth-order valence-electron chi connectivity index (χ4n) is 4.45. The Labute approximate surface area is 160 Å². The van der Waals surface area contributed by atoms with Crippen LogP contribution < -0.4 is 0 Å². The second-order valence-electron chi connectivity index (χ2n) is 8.24. The summed E-state index contributed by atoms with van der Waals surface area (Å²) in [5, 5.41) is 10.5. The van der Waals surface area contributed by atoms with Crippen LogP contribution in [0.5, 0.6) is 0 Å². The van der Waals surface area contributed by atoms with Crippen LogP contribution in [0.3, 0.4) is 0 Å². The van der Waals surface area contributed by atoms with E-state index in [-0.39, 0.29) is 11.7 Å². The van der Waals surface area contributed by atoms with Crippen LogP contribution >= 0.6 is 0 Å². The Bertz CT molecular complexity index is 1060. The van der Waals surface area contributed by atoms with Crippen LogP contribution in [0, 0.1) is 36.9 Å². The first-order valence-corrected chi connectivity index (χ1v) is 9.71. The van der Waals surface area contributed by atoms with Crippen LogP contribution in [0.15, 0.2) is 36.4 Å². The molecule has 0 N–H and O–H groups in total. The average Bonchev–Trinajstić information content (AvgIpc) is 2.91. The van der Waals surface area contributed by atoms with Gasteiger partial charge in [0.15, 0.2) is 0 Å². The summed E-state index contributed by atoms with van der Waals surface area (Å²) in [5.74, 6) is 0.762. The maximum Gasteiger partial charge on any atom is 0.126 e. The summed E-state index contributed by atoms with van der Waals surface area (Å²) in [6.45, 7) is 8.38. The first-order valence-electron chi connectivity index (χ1n) is 9.71. The molecule has 138 valence electrons. The molecule has 3 heteroatoms. The van der Waals surface area contributed by atoms with Crippen molar-refractivity contribution in [3.05, 3.63) is 64.6 Å². The number of aromatic nitrogens is 1. The zero-order valence-electron chi connectivity index (χ0n) is 16.4. The third kappa shape index (κ3) is 2.84. The van der Waals surface area contributed by atoms with Crippen molar-refractivity contribution in [2.45, 2.75) is 52.4 Å². The molecule has 0 aliphatic heterocycles. The SMILES string of the molecule is Cc1ccc2c(c1)c([C@H]1C[C@@H](C#N)C1)c(C(C)C)n2-c1ccc(F)c(C)c1. The maximum absolute atomic E-state index is 13.9. The molecule has 1 aliphatic carbocycles. The van der Waals surface area contributed by atoms with Crippen molar-refractivity contribution in [1.82, 2.24) is 4.57 Å². The molecule has 3 aromatic rings. The molecule has 2 aromatic carbocycles. The van der Waals surface area contributed by atoms with E-state index in [1.54, 1.807) is 6.07 Å². The fourth-order valence-corrected chi connectivity index (χ4v) is 4.45. The highest BCUT2D eigenvalue weighted by Crippen LogP contribution is 2.48. The number of fused-ring (bicyclic) bond motifs is 1. The van der Waals surface area contributed by atoms with Crippen molar-refractivity contribution in [3.8, 4) is 11.8 Å². The van der Waals surface area contributed by atoms with Crippen LogP contribution in [-0.4, -0.2) is 4.57 Å². The van der Waals surface area contributed by atoms with E-state index in [9.17, 15) is 9.65 Å². The molecule has 0 atom stereocenters. The van der Waals surface area contributed by atoms with Gasteiger partial charge in [0.1, 0.15) is 5.82 Å². The van der Waals surface area contributed by atoms with Crippen molar-refractivity contribution in [2.75, 3.05) is 0 Å². The molecule has 1 aromatic heterocycles. The van der Waals surface area contributed by atoms with Crippen LogP contribution in [0.2, 0.25) is 0 Å². The minimum Gasteiger partial charge on any atom is -0.313 e. The van der Waals surface area contributed by atoms with Crippen LogP contribution in [0.1, 0.15) is 60.9 Å². The van der Waals surface area contributed by atoms with E-state index in [1.807, 2.05) is 19.1 Å². The van der Waals surface area contributed by atoms with Crippen LogP contribution in [0.25, 0.3) is 16.6 Å². The number of rotatable bonds is 3. The van der Waals surface area contributed by atoms with E-state index < -0.39 is 0 Å². The third-order valence-corrected chi connectivity index (χ3v) is 5.88. The maximum atomic E-state index is 13.9. The molecule has 0 saturated heterocycles. The Morgan fingerprint density at radius 1 is 1.11 bits per heavy atom. The highest BCUT2D eigenvalue weighted by Gasteiger charge is 2.35. The van der Waals surface area contributed by atoms with E-state index >= 15 is 0 Å². The lowest BCUT2D eigenvalue weighted by Gasteiger charge is -2.32. The van der Waals surface area contributed by atoms with Gasteiger partial charge in [-0.05, 0) is 80.0 Å². The Hall–Kier alpha value is -2.60. The second-order valence-corrected chi connectivity index (χ2v) is 8.24. The van der Waals surface area contributed by atoms with Crippen LogP contribution in [-0.2, 0) is 0 Å². The van der Waals surface area contributed by atoms with Gasteiger partial charge in [0.2, 0.25) is 0 Å². The van der Waals surface area contributed by atoms with Crippen LogP contribution in [0.4, 0.5) is 4.39 Å². The molecule has 0 spiro atoms. The number of nitriles is 1. The summed E-state index contributed by atoms with van der Waals surface area (Å²) in [5.41, 5.74) is 6.76. The second kappa shape index (κ2) is 6.53. The molecule has 0 unspecified atom stereocenters. The lowest BCUT2D eigenvalue weighted by Crippen LogP contribution is -2.21. The van der Waals surface area contributed by atoms with Gasteiger partial charge < -0.3 is 4.57 Å². The van der Waals surface area contributed by atoms with Crippen molar-refractivity contribution in [2.24, 2.45) is 5.92 Å².